The average molecular weight is 395 g/mol. The molecule has 1 N–H and O–H groups in total. The highest BCUT2D eigenvalue weighted by atomic mass is 19.2. The zero-order valence-electron chi connectivity index (χ0n) is 16.1. The van der Waals surface area contributed by atoms with Crippen LogP contribution in [0.25, 0.3) is 0 Å². The average Bonchev–Trinajstić information content (AvgIpc) is 2.73. The number of halogens is 2. The van der Waals surface area contributed by atoms with Gasteiger partial charge in [-0.2, -0.15) is 0 Å². The number of hydrogen-bond donors (Lipinski definition) is 1. The van der Waals surface area contributed by atoms with Gasteiger partial charge in [-0.25, -0.2) is 8.78 Å². The van der Waals surface area contributed by atoms with Crippen molar-refractivity contribution in [3.05, 3.63) is 107 Å². The van der Waals surface area contributed by atoms with Gasteiger partial charge in [-0.05, 0) is 35.7 Å². The molecule has 0 heterocycles. The molecule has 29 heavy (non-hydrogen) atoms. The first kappa shape index (κ1) is 20.7. The Bertz CT molecular complexity index is 948. The second-order valence-electron chi connectivity index (χ2n) is 7.03. The van der Waals surface area contributed by atoms with Gasteiger partial charge in [0.05, 0.1) is 6.42 Å². The Balaban J connectivity index is 2.05. The third-order valence-corrected chi connectivity index (χ3v) is 5.08. The Morgan fingerprint density at radius 2 is 1.52 bits per heavy atom. The molecule has 3 aromatic rings. The van der Waals surface area contributed by atoms with Gasteiger partial charge in [0.15, 0.2) is 11.6 Å². The number of hydrogen-bond acceptors (Lipinski definition) is 2. The predicted molar refractivity (Wildman–Crippen MR) is 108 cm³/mol. The standard InChI is InChI=1S/C24H23F2NO2/c1-17(19-10-6-3-7-11-19)27(16-18-8-4-2-5-9-18)23(15-24(28)29)20-12-13-21(25)22(26)14-20/h2-14,17,23H,15-16H2,1H3,(H,28,29)/t17-,23+/m0/s1. The lowest BCUT2D eigenvalue weighted by Crippen LogP contribution is -2.33. The van der Waals surface area contributed by atoms with Crippen molar-refractivity contribution in [2.24, 2.45) is 0 Å². The molecule has 3 nitrogen and oxygen atoms in total. The van der Waals surface area contributed by atoms with Crippen LogP contribution in [0.15, 0.2) is 78.9 Å². The molecule has 0 fully saturated rings. The number of carboxylic acids is 1. The molecule has 0 aliphatic rings. The van der Waals surface area contributed by atoms with Crippen molar-refractivity contribution in [3.63, 3.8) is 0 Å². The van der Waals surface area contributed by atoms with E-state index in [1.165, 1.54) is 6.07 Å². The zero-order chi connectivity index (χ0) is 20.8. The van der Waals surface area contributed by atoms with E-state index in [4.69, 9.17) is 0 Å². The van der Waals surface area contributed by atoms with E-state index in [1.807, 2.05) is 72.5 Å². The SMILES string of the molecule is C[C@@H](c1ccccc1)N(Cc1ccccc1)[C@H](CC(=O)O)c1ccc(F)c(F)c1. The smallest absolute Gasteiger partial charge is 0.305 e. The van der Waals surface area contributed by atoms with Crippen LogP contribution >= 0.6 is 0 Å². The molecule has 0 aliphatic heterocycles. The monoisotopic (exact) mass is 395 g/mol. The molecule has 150 valence electrons. The third-order valence-electron chi connectivity index (χ3n) is 5.08. The number of nitrogens with zero attached hydrogens (tertiary/aromatic N) is 1. The van der Waals surface area contributed by atoms with Crippen molar-refractivity contribution in [2.45, 2.75) is 32.0 Å². The van der Waals surface area contributed by atoms with Gasteiger partial charge in [-0.15, -0.1) is 0 Å². The fraction of sp³-hybridized carbons (Fsp3) is 0.208. The summed E-state index contributed by atoms with van der Waals surface area (Å²) in [6.45, 7) is 2.46. The molecule has 0 saturated carbocycles. The van der Waals surface area contributed by atoms with Gasteiger partial charge in [0.25, 0.3) is 0 Å². The van der Waals surface area contributed by atoms with Crippen LogP contribution < -0.4 is 0 Å². The summed E-state index contributed by atoms with van der Waals surface area (Å²) in [6, 6.07) is 22.3. The predicted octanol–water partition coefficient (Wildman–Crippen LogP) is 5.74. The van der Waals surface area contributed by atoms with Crippen molar-refractivity contribution in [1.29, 1.82) is 0 Å². The molecule has 5 heteroatoms. The number of benzene rings is 3. The molecule has 0 aliphatic carbocycles. The van der Waals surface area contributed by atoms with Crippen LogP contribution in [0, 0.1) is 11.6 Å². The first-order valence-electron chi connectivity index (χ1n) is 9.47. The summed E-state index contributed by atoms with van der Waals surface area (Å²) in [5, 5.41) is 9.54. The van der Waals surface area contributed by atoms with E-state index in [1.54, 1.807) is 0 Å². The second-order valence-corrected chi connectivity index (χ2v) is 7.03. The molecule has 0 radical (unpaired) electrons. The molecule has 0 amide bonds. The van der Waals surface area contributed by atoms with E-state index < -0.39 is 23.6 Å². The molecule has 0 unspecified atom stereocenters. The van der Waals surface area contributed by atoms with Crippen LogP contribution in [-0.4, -0.2) is 16.0 Å². The second kappa shape index (κ2) is 9.43. The number of carboxylic acid groups (broad SMARTS) is 1. The van der Waals surface area contributed by atoms with E-state index >= 15 is 0 Å². The highest BCUT2D eigenvalue weighted by Gasteiger charge is 2.29. The number of rotatable bonds is 8. The lowest BCUT2D eigenvalue weighted by atomic mass is 9.96. The first-order valence-corrected chi connectivity index (χ1v) is 9.47. The summed E-state index contributed by atoms with van der Waals surface area (Å²) < 4.78 is 27.4. The van der Waals surface area contributed by atoms with E-state index in [0.29, 0.717) is 12.1 Å². The van der Waals surface area contributed by atoms with Gasteiger partial charge in [-0.3, -0.25) is 9.69 Å². The van der Waals surface area contributed by atoms with Gasteiger partial charge in [0.1, 0.15) is 0 Å². The lowest BCUT2D eigenvalue weighted by Gasteiger charge is -2.36. The molecular weight excluding hydrogens is 372 g/mol. The summed E-state index contributed by atoms with van der Waals surface area (Å²) in [4.78, 5) is 13.7. The zero-order valence-corrected chi connectivity index (χ0v) is 16.1. The van der Waals surface area contributed by atoms with Gasteiger partial charge >= 0.3 is 5.97 Å². The summed E-state index contributed by atoms with van der Waals surface area (Å²) in [5.74, 6) is -2.93. The van der Waals surface area contributed by atoms with Gasteiger partial charge in [0, 0.05) is 18.6 Å². The maximum Gasteiger partial charge on any atom is 0.305 e. The molecule has 3 rings (SSSR count). The minimum Gasteiger partial charge on any atom is -0.481 e. The summed E-state index contributed by atoms with van der Waals surface area (Å²) in [7, 11) is 0. The highest BCUT2D eigenvalue weighted by Crippen LogP contribution is 2.35. The molecule has 3 aromatic carbocycles. The van der Waals surface area contributed by atoms with Crippen LogP contribution in [0.2, 0.25) is 0 Å². The maximum absolute atomic E-state index is 14.0. The van der Waals surface area contributed by atoms with Crippen LogP contribution in [0.5, 0.6) is 0 Å². The van der Waals surface area contributed by atoms with E-state index in [0.717, 1.165) is 23.3 Å². The maximum atomic E-state index is 14.0. The Morgan fingerprint density at radius 3 is 2.10 bits per heavy atom. The van der Waals surface area contributed by atoms with Crippen LogP contribution in [-0.2, 0) is 11.3 Å². The summed E-state index contributed by atoms with van der Waals surface area (Å²) >= 11 is 0. The van der Waals surface area contributed by atoms with Gasteiger partial charge in [0.2, 0.25) is 0 Å². The fourth-order valence-corrected chi connectivity index (χ4v) is 3.55. The van der Waals surface area contributed by atoms with Gasteiger partial charge in [-0.1, -0.05) is 66.7 Å². The number of carbonyl (C=O) groups is 1. The van der Waals surface area contributed by atoms with E-state index in [-0.39, 0.29) is 12.5 Å². The highest BCUT2D eigenvalue weighted by molar-refractivity contribution is 5.68. The van der Waals surface area contributed by atoms with Crippen molar-refractivity contribution in [3.8, 4) is 0 Å². The largest absolute Gasteiger partial charge is 0.481 e. The Morgan fingerprint density at radius 1 is 0.897 bits per heavy atom. The summed E-state index contributed by atoms with van der Waals surface area (Å²) in [6.07, 6.45) is -0.227. The van der Waals surface area contributed by atoms with Crippen molar-refractivity contribution < 1.29 is 18.7 Å². The first-order chi connectivity index (χ1) is 14.0. The Hall–Kier alpha value is -3.05. The Labute approximate surface area is 169 Å². The number of aliphatic carboxylic acids is 1. The fourth-order valence-electron chi connectivity index (χ4n) is 3.55. The van der Waals surface area contributed by atoms with Crippen LogP contribution in [0.1, 0.15) is 42.1 Å². The van der Waals surface area contributed by atoms with Crippen molar-refractivity contribution in [2.75, 3.05) is 0 Å². The summed E-state index contributed by atoms with van der Waals surface area (Å²) in [5.41, 5.74) is 2.46. The third kappa shape index (κ3) is 5.27. The van der Waals surface area contributed by atoms with Crippen LogP contribution in [0.4, 0.5) is 8.78 Å². The Kier molecular flexibility index (Phi) is 6.73. The molecule has 0 aromatic heterocycles. The van der Waals surface area contributed by atoms with E-state index in [9.17, 15) is 18.7 Å². The normalized spacial score (nSPS) is 13.2. The quantitative estimate of drug-likeness (QED) is 0.528. The minimum atomic E-state index is -1.00. The molecule has 0 spiro atoms. The minimum absolute atomic E-state index is 0.145. The van der Waals surface area contributed by atoms with E-state index in [2.05, 4.69) is 0 Å². The lowest BCUT2D eigenvalue weighted by molar-refractivity contribution is -0.138. The molecule has 0 saturated heterocycles. The molecular formula is C24H23F2NO2. The van der Waals surface area contributed by atoms with Crippen LogP contribution in [0.3, 0.4) is 0 Å². The van der Waals surface area contributed by atoms with Gasteiger partial charge < -0.3 is 5.11 Å². The molecule has 2 atom stereocenters. The topological polar surface area (TPSA) is 40.5 Å². The molecule has 0 bridgehead atoms. The van der Waals surface area contributed by atoms with Crippen molar-refractivity contribution in [1.82, 2.24) is 4.90 Å². The van der Waals surface area contributed by atoms with Crippen molar-refractivity contribution >= 4 is 5.97 Å².